The topological polar surface area (TPSA) is 12.9 Å². The lowest BCUT2D eigenvalue weighted by Gasteiger charge is -2.38. The van der Waals surface area contributed by atoms with Gasteiger partial charge in [-0.1, -0.05) is 104 Å². The van der Waals surface area contributed by atoms with E-state index >= 15 is 0 Å². The maximum atomic E-state index is 4.71. The van der Waals surface area contributed by atoms with Crippen molar-refractivity contribution >= 4 is 15.7 Å². The van der Waals surface area contributed by atoms with Gasteiger partial charge in [-0.2, -0.15) is 0 Å². The Kier molecular flexibility index (Phi) is 5.20. The zero-order valence-electron chi connectivity index (χ0n) is 16.5. The summed E-state index contributed by atoms with van der Waals surface area (Å²) in [5, 5.41) is 0.230. The van der Waals surface area contributed by atoms with Gasteiger partial charge in [-0.05, 0) is 17.5 Å². The van der Waals surface area contributed by atoms with Gasteiger partial charge in [0.15, 0.2) is 0 Å². The Morgan fingerprint density at radius 3 is 2.19 bits per heavy atom. The molecule has 2 aromatic carbocycles. The second kappa shape index (κ2) is 7.76. The molecule has 4 rings (SSSR count). The molecule has 0 spiro atoms. The molecule has 1 saturated carbocycles. The number of benzene rings is 2. The van der Waals surface area contributed by atoms with Gasteiger partial charge in [0, 0.05) is 17.3 Å². The molecule has 0 unspecified atom stereocenters. The van der Waals surface area contributed by atoms with E-state index in [4.69, 9.17) is 4.98 Å². The summed E-state index contributed by atoms with van der Waals surface area (Å²) in [5.74, 6) is 0.792. The molecule has 3 heteroatoms. The van der Waals surface area contributed by atoms with Crippen molar-refractivity contribution in [3.05, 3.63) is 78.5 Å². The van der Waals surface area contributed by atoms with Crippen LogP contribution in [0.25, 0.3) is 22.4 Å². The van der Waals surface area contributed by atoms with Crippen LogP contribution in [-0.4, -0.2) is 20.7 Å². The van der Waals surface area contributed by atoms with E-state index in [-0.39, 0.29) is 5.21 Å². The van der Waals surface area contributed by atoms with Crippen LogP contribution in [0.4, 0.5) is 0 Å². The Morgan fingerprint density at radius 1 is 0.741 bits per heavy atom. The Bertz CT molecular complexity index is 882. The smallest absolute Gasteiger partial charge is 0.105 e. The van der Waals surface area contributed by atoms with E-state index in [1.165, 1.54) is 48.8 Å². The molecule has 1 aromatic heterocycles. The summed E-state index contributed by atoms with van der Waals surface area (Å²) in [6.07, 6.45) is 8.92. The molecule has 0 aliphatic heterocycles. The molecule has 0 N–H and O–H groups in total. The number of hydrogen-bond donors (Lipinski definition) is 0. The summed E-state index contributed by atoms with van der Waals surface area (Å²) in [6, 6.07) is 23.8. The highest BCUT2D eigenvalue weighted by molar-refractivity contribution is 6.40. The van der Waals surface area contributed by atoms with Crippen LogP contribution in [0.5, 0.6) is 0 Å². The second-order valence-electron chi connectivity index (χ2n) is 8.44. The third kappa shape index (κ3) is 3.88. The molecule has 1 fully saturated rings. The number of rotatable bonds is 4. The van der Waals surface area contributed by atoms with Gasteiger partial charge in [-0.25, -0.2) is 0 Å². The van der Waals surface area contributed by atoms with Crippen molar-refractivity contribution in [2.45, 2.75) is 37.3 Å². The van der Waals surface area contributed by atoms with Gasteiger partial charge in [-0.3, -0.25) is 4.98 Å². The molecular formula is C24H27B2N. The van der Waals surface area contributed by atoms with Crippen LogP contribution in [-0.2, 0) is 5.21 Å². The fourth-order valence-electron chi connectivity index (χ4n) is 4.50. The van der Waals surface area contributed by atoms with Crippen LogP contribution in [0.15, 0.2) is 72.9 Å². The number of aromatic nitrogens is 1. The van der Waals surface area contributed by atoms with Crippen LogP contribution in [0.1, 0.15) is 37.7 Å². The number of hydrogen-bond acceptors (Lipinski definition) is 1. The highest BCUT2D eigenvalue weighted by atomic mass is 14.7. The molecular weight excluding hydrogens is 324 g/mol. The lowest BCUT2D eigenvalue weighted by molar-refractivity contribution is 0.327. The molecule has 3 aromatic rings. The van der Waals surface area contributed by atoms with Gasteiger partial charge in [0.2, 0.25) is 0 Å². The zero-order chi connectivity index (χ0) is 18.7. The van der Waals surface area contributed by atoms with Crippen molar-refractivity contribution in [2.24, 2.45) is 5.92 Å². The summed E-state index contributed by atoms with van der Waals surface area (Å²) >= 11 is 0. The van der Waals surface area contributed by atoms with E-state index < -0.39 is 0 Å². The van der Waals surface area contributed by atoms with Gasteiger partial charge in [-0.15, -0.1) is 0 Å². The molecule has 1 nitrogen and oxygen atoms in total. The molecule has 134 valence electrons. The predicted octanol–water partition coefficient (Wildman–Crippen LogP) is 4.41. The van der Waals surface area contributed by atoms with Gasteiger partial charge in [0.05, 0.1) is 5.69 Å². The standard InChI is InChI=1S/C24H27B2N/c25-24(26,21-11-5-2-6-12-21)22-13-7-10-19(16-22)20-14-15-23(27-17-20)18-8-3-1-4-9-18/h1,3-4,7-10,13-17,21H,2,5-6,11-12,25-26H2. The average molecular weight is 351 g/mol. The average Bonchev–Trinajstić information content (AvgIpc) is 2.75. The van der Waals surface area contributed by atoms with Gasteiger partial charge >= 0.3 is 0 Å². The summed E-state index contributed by atoms with van der Waals surface area (Å²) < 4.78 is 0. The first-order chi connectivity index (χ1) is 13.1. The third-order valence-electron chi connectivity index (χ3n) is 6.40. The quantitative estimate of drug-likeness (QED) is 0.635. The van der Waals surface area contributed by atoms with Crippen LogP contribution in [0.2, 0.25) is 0 Å². The normalized spacial score (nSPS) is 15.6. The molecule has 0 radical (unpaired) electrons. The highest BCUT2D eigenvalue weighted by Crippen LogP contribution is 2.38. The van der Waals surface area contributed by atoms with E-state index in [0.717, 1.165) is 17.2 Å². The summed E-state index contributed by atoms with van der Waals surface area (Å²) in [6.45, 7) is 0. The van der Waals surface area contributed by atoms with Gasteiger partial charge in [0.1, 0.15) is 15.7 Å². The van der Waals surface area contributed by atoms with Crippen molar-refractivity contribution in [3.8, 4) is 22.4 Å². The number of pyridine rings is 1. The zero-order valence-corrected chi connectivity index (χ0v) is 16.5. The van der Waals surface area contributed by atoms with Crippen molar-refractivity contribution in [2.75, 3.05) is 0 Å². The molecule has 0 bridgehead atoms. The van der Waals surface area contributed by atoms with Crippen molar-refractivity contribution in [1.29, 1.82) is 0 Å². The maximum absolute atomic E-state index is 4.71. The SMILES string of the molecule is BC(B)(c1cccc(-c2ccc(-c3ccccc3)nc2)c1)C1CCCCC1. The van der Waals surface area contributed by atoms with Crippen molar-refractivity contribution in [1.82, 2.24) is 4.98 Å². The van der Waals surface area contributed by atoms with Gasteiger partial charge < -0.3 is 0 Å². The van der Waals surface area contributed by atoms with E-state index in [2.05, 4.69) is 76.4 Å². The fraction of sp³-hybridized carbons (Fsp3) is 0.292. The van der Waals surface area contributed by atoms with E-state index in [1.54, 1.807) is 0 Å². The minimum atomic E-state index is 0.230. The first-order valence-electron chi connectivity index (χ1n) is 10.3. The van der Waals surface area contributed by atoms with Crippen LogP contribution < -0.4 is 0 Å². The van der Waals surface area contributed by atoms with Crippen LogP contribution in [0.3, 0.4) is 0 Å². The Hall–Kier alpha value is -2.28. The Balaban J connectivity index is 1.60. The van der Waals surface area contributed by atoms with Crippen molar-refractivity contribution < 1.29 is 0 Å². The molecule has 1 aliphatic carbocycles. The van der Waals surface area contributed by atoms with Crippen LogP contribution in [0, 0.1) is 5.92 Å². The minimum Gasteiger partial charge on any atom is -0.256 e. The van der Waals surface area contributed by atoms with Crippen molar-refractivity contribution in [3.63, 3.8) is 0 Å². The second-order valence-corrected chi connectivity index (χ2v) is 8.44. The minimum absolute atomic E-state index is 0.230. The van der Waals surface area contributed by atoms with E-state index in [9.17, 15) is 0 Å². The first-order valence-corrected chi connectivity index (χ1v) is 10.3. The highest BCUT2D eigenvalue weighted by Gasteiger charge is 2.32. The summed E-state index contributed by atoms with van der Waals surface area (Å²) in [4.78, 5) is 4.71. The maximum Gasteiger partial charge on any atom is 0.105 e. The molecule has 1 aliphatic rings. The molecule has 27 heavy (non-hydrogen) atoms. The summed E-state index contributed by atoms with van der Waals surface area (Å²) in [5.41, 5.74) is 6.10. The molecule has 1 heterocycles. The first kappa shape index (κ1) is 18.1. The fourth-order valence-corrected chi connectivity index (χ4v) is 4.50. The van der Waals surface area contributed by atoms with Crippen LogP contribution >= 0.6 is 0 Å². The largest absolute Gasteiger partial charge is 0.256 e. The van der Waals surface area contributed by atoms with E-state index in [1.807, 2.05) is 12.3 Å². The molecule has 0 amide bonds. The predicted molar refractivity (Wildman–Crippen MR) is 120 cm³/mol. The van der Waals surface area contributed by atoms with E-state index in [0.29, 0.717) is 0 Å². The third-order valence-corrected chi connectivity index (χ3v) is 6.40. The van der Waals surface area contributed by atoms with Gasteiger partial charge in [0.25, 0.3) is 0 Å². The Labute approximate surface area is 165 Å². The lowest BCUT2D eigenvalue weighted by Crippen LogP contribution is -2.37. The Morgan fingerprint density at radius 2 is 1.48 bits per heavy atom. The monoisotopic (exact) mass is 351 g/mol. The lowest BCUT2D eigenvalue weighted by atomic mass is 9.43. The number of nitrogens with zero attached hydrogens (tertiary/aromatic N) is 1. The summed E-state index contributed by atoms with van der Waals surface area (Å²) in [7, 11) is 4.86. The molecule has 0 atom stereocenters. The molecule has 0 saturated heterocycles.